The maximum atomic E-state index is 13.2. The second-order valence-electron chi connectivity index (χ2n) is 5.49. The summed E-state index contributed by atoms with van der Waals surface area (Å²) in [5, 5.41) is 3.46. The number of hydrogen-bond acceptors (Lipinski definition) is 2. The molecule has 1 fully saturated rings. The smallest absolute Gasteiger partial charge is 0.253 e. The number of nitrogens with zero attached hydrogens (tertiary/aromatic N) is 1. The minimum Gasteiger partial charge on any atom is -0.339 e. The van der Waals surface area contributed by atoms with E-state index in [4.69, 9.17) is 0 Å². The summed E-state index contributed by atoms with van der Waals surface area (Å²) in [6.07, 6.45) is 4.21. The Bertz CT molecular complexity index is 456. The highest BCUT2D eigenvalue weighted by molar-refractivity contribution is 5.94. The zero-order chi connectivity index (χ0) is 14.5. The van der Waals surface area contributed by atoms with Crippen molar-refractivity contribution < 1.29 is 9.18 Å². The Morgan fingerprint density at radius 2 is 2.05 bits per heavy atom. The van der Waals surface area contributed by atoms with E-state index in [9.17, 15) is 9.18 Å². The van der Waals surface area contributed by atoms with Crippen molar-refractivity contribution in [2.45, 2.75) is 44.7 Å². The molecule has 2 rings (SSSR count). The molecular formula is C16H23FN2O. The first-order chi connectivity index (χ1) is 9.61. The van der Waals surface area contributed by atoms with Crippen molar-refractivity contribution in [3.8, 4) is 0 Å². The van der Waals surface area contributed by atoms with Gasteiger partial charge in [0.2, 0.25) is 0 Å². The van der Waals surface area contributed by atoms with Crippen molar-refractivity contribution in [2.24, 2.45) is 0 Å². The molecule has 0 unspecified atom stereocenters. The lowest BCUT2D eigenvalue weighted by Gasteiger charge is -2.35. The van der Waals surface area contributed by atoms with E-state index in [1.165, 1.54) is 12.1 Å². The molecule has 1 amide bonds. The molecule has 0 heterocycles. The third kappa shape index (κ3) is 3.57. The average Bonchev–Trinajstić information content (AvgIpc) is 2.47. The molecule has 1 aliphatic carbocycles. The standard InChI is InChI=1S/C16H23FN2O/c1-3-18-14-7-9-15(10-8-14)19(2)16(20)12-5-4-6-13(17)11-12/h4-6,11,14-15,18H,3,7-10H2,1-2H3. The highest BCUT2D eigenvalue weighted by atomic mass is 19.1. The second kappa shape index (κ2) is 6.84. The SMILES string of the molecule is CCNC1CCC(N(C)C(=O)c2cccc(F)c2)CC1. The summed E-state index contributed by atoms with van der Waals surface area (Å²) in [5.41, 5.74) is 0.432. The summed E-state index contributed by atoms with van der Waals surface area (Å²) in [6.45, 7) is 3.11. The van der Waals surface area contributed by atoms with Crippen LogP contribution in [0.15, 0.2) is 24.3 Å². The molecule has 0 atom stereocenters. The molecule has 0 saturated heterocycles. The van der Waals surface area contributed by atoms with Gasteiger partial charge in [0.1, 0.15) is 5.82 Å². The predicted octanol–water partition coefficient (Wildman–Crippen LogP) is 2.82. The van der Waals surface area contributed by atoms with Crippen molar-refractivity contribution >= 4 is 5.91 Å². The zero-order valence-corrected chi connectivity index (χ0v) is 12.2. The maximum Gasteiger partial charge on any atom is 0.253 e. The quantitative estimate of drug-likeness (QED) is 0.918. The molecule has 1 N–H and O–H groups in total. The first-order valence-corrected chi connectivity index (χ1v) is 7.38. The third-order valence-electron chi connectivity index (χ3n) is 4.13. The van der Waals surface area contributed by atoms with Crippen LogP contribution >= 0.6 is 0 Å². The van der Waals surface area contributed by atoms with E-state index in [1.807, 2.05) is 7.05 Å². The Hall–Kier alpha value is -1.42. The minimum atomic E-state index is -0.361. The predicted molar refractivity (Wildman–Crippen MR) is 78.2 cm³/mol. The average molecular weight is 278 g/mol. The molecular weight excluding hydrogens is 255 g/mol. The van der Waals surface area contributed by atoms with Crippen LogP contribution in [0.5, 0.6) is 0 Å². The first-order valence-electron chi connectivity index (χ1n) is 7.38. The van der Waals surface area contributed by atoms with Gasteiger partial charge in [-0.2, -0.15) is 0 Å². The van der Waals surface area contributed by atoms with E-state index in [-0.39, 0.29) is 17.8 Å². The summed E-state index contributed by atoms with van der Waals surface area (Å²) in [4.78, 5) is 14.1. The zero-order valence-electron chi connectivity index (χ0n) is 12.2. The monoisotopic (exact) mass is 278 g/mol. The van der Waals surface area contributed by atoms with Crippen LogP contribution in [0, 0.1) is 5.82 Å². The van der Waals surface area contributed by atoms with Crippen LogP contribution in [0.4, 0.5) is 4.39 Å². The summed E-state index contributed by atoms with van der Waals surface area (Å²) >= 11 is 0. The van der Waals surface area contributed by atoms with Crippen LogP contribution in [0.1, 0.15) is 43.0 Å². The molecule has 1 saturated carbocycles. The molecule has 1 aromatic rings. The molecule has 0 bridgehead atoms. The second-order valence-corrected chi connectivity index (χ2v) is 5.49. The highest BCUT2D eigenvalue weighted by Crippen LogP contribution is 2.23. The van der Waals surface area contributed by atoms with E-state index in [0.717, 1.165) is 32.2 Å². The lowest BCUT2D eigenvalue weighted by atomic mass is 9.90. The van der Waals surface area contributed by atoms with E-state index in [0.29, 0.717) is 11.6 Å². The van der Waals surface area contributed by atoms with E-state index in [2.05, 4.69) is 12.2 Å². The molecule has 3 nitrogen and oxygen atoms in total. The van der Waals surface area contributed by atoms with Crippen LogP contribution in [0.2, 0.25) is 0 Å². The molecule has 0 spiro atoms. The highest BCUT2D eigenvalue weighted by Gasteiger charge is 2.26. The molecule has 0 radical (unpaired) electrons. The molecule has 4 heteroatoms. The Labute approximate surface area is 120 Å². The van der Waals surface area contributed by atoms with E-state index >= 15 is 0 Å². The number of rotatable bonds is 4. The van der Waals surface area contributed by atoms with Crippen LogP contribution in [-0.2, 0) is 0 Å². The molecule has 0 aromatic heterocycles. The first kappa shape index (κ1) is 15.0. The maximum absolute atomic E-state index is 13.2. The number of amides is 1. The van der Waals surface area contributed by atoms with Gasteiger partial charge in [0.25, 0.3) is 5.91 Å². The number of carbonyl (C=O) groups excluding carboxylic acids is 1. The summed E-state index contributed by atoms with van der Waals surface area (Å²) in [6, 6.07) is 6.77. The Morgan fingerprint density at radius 1 is 1.35 bits per heavy atom. The number of nitrogens with one attached hydrogen (secondary N) is 1. The van der Waals surface area contributed by atoms with Crippen molar-refractivity contribution in [2.75, 3.05) is 13.6 Å². The lowest BCUT2D eigenvalue weighted by molar-refractivity contribution is 0.0684. The number of halogens is 1. The Kier molecular flexibility index (Phi) is 5.12. The largest absolute Gasteiger partial charge is 0.339 e. The van der Waals surface area contributed by atoms with Gasteiger partial charge in [0.15, 0.2) is 0 Å². The molecule has 20 heavy (non-hydrogen) atoms. The van der Waals surface area contributed by atoms with Gasteiger partial charge < -0.3 is 10.2 Å². The molecule has 1 aliphatic rings. The molecule has 1 aromatic carbocycles. The van der Waals surface area contributed by atoms with Crippen molar-refractivity contribution in [3.63, 3.8) is 0 Å². The fraction of sp³-hybridized carbons (Fsp3) is 0.562. The van der Waals surface area contributed by atoms with Gasteiger partial charge in [0.05, 0.1) is 0 Å². The van der Waals surface area contributed by atoms with Crippen LogP contribution in [0.25, 0.3) is 0 Å². The van der Waals surface area contributed by atoms with Gasteiger partial charge in [-0.25, -0.2) is 4.39 Å². The third-order valence-corrected chi connectivity index (χ3v) is 4.13. The van der Waals surface area contributed by atoms with Crippen molar-refractivity contribution in [1.82, 2.24) is 10.2 Å². The lowest BCUT2D eigenvalue weighted by Crippen LogP contribution is -2.43. The summed E-state index contributed by atoms with van der Waals surface area (Å²) in [7, 11) is 1.82. The normalized spacial score (nSPS) is 22.6. The van der Waals surface area contributed by atoms with Crippen molar-refractivity contribution in [3.05, 3.63) is 35.6 Å². The molecule has 110 valence electrons. The van der Waals surface area contributed by atoms with Gasteiger partial charge >= 0.3 is 0 Å². The van der Waals surface area contributed by atoms with E-state index < -0.39 is 0 Å². The van der Waals surface area contributed by atoms with Crippen LogP contribution in [0.3, 0.4) is 0 Å². The summed E-state index contributed by atoms with van der Waals surface area (Å²) < 4.78 is 13.2. The van der Waals surface area contributed by atoms with Gasteiger partial charge in [-0.05, 0) is 50.4 Å². The van der Waals surface area contributed by atoms with E-state index in [1.54, 1.807) is 17.0 Å². The van der Waals surface area contributed by atoms with Gasteiger partial charge in [-0.1, -0.05) is 13.0 Å². The number of hydrogen-bond donors (Lipinski definition) is 1. The fourth-order valence-corrected chi connectivity index (χ4v) is 2.95. The number of benzene rings is 1. The topological polar surface area (TPSA) is 32.3 Å². The minimum absolute atomic E-state index is 0.0867. The van der Waals surface area contributed by atoms with Crippen LogP contribution in [-0.4, -0.2) is 36.5 Å². The van der Waals surface area contributed by atoms with Crippen molar-refractivity contribution in [1.29, 1.82) is 0 Å². The molecule has 0 aliphatic heterocycles. The van der Waals surface area contributed by atoms with Gasteiger partial charge in [0, 0.05) is 24.7 Å². The number of carbonyl (C=O) groups is 1. The van der Waals surface area contributed by atoms with Gasteiger partial charge in [-0.3, -0.25) is 4.79 Å². The van der Waals surface area contributed by atoms with Gasteiger partial charge in [-0.15, -0.1) is 0 Å². The summed E-state index contributed by atoms with van der Waals surface area (Å²) in [5.74, 6) is -0.448. The van der Waals surface area contributed by atoms with Crippen LogP contribution < -0.4 is 5.32 Å². The Balaban J connectivity index is 1.95. The fourth-order valence-electron chi connectivity index (χ4n) is 2.95. The Morgan fingerprint density at radius 3 is 2.65 bits per heavy atom.